The fraction of sp³-hybridized carbons (Fsp3) is 0.250. The minimum atomic E-state index is 0.0972. The van der Waals surface area contributed by atoms with Crippen molar-refractivity contribution in [2.45, 2.75) is 0 Å². The van der Waals surface area contributed by atoms with Gasteiger partial charge in [-0.25, -0.2) is 0 Å². The molecule has 0 spiro atoms. The number of aliphatic hydroxyl groups excluding tert-OH is 1. The molecule has 3 N–H and O–H groups in total. The summed E-state index contributed by atoms with van der Waals surface area (Å²) in [6.07, 6.45) is 0. The molecule has 0 radical (unpaired) electrons. The van der Waals surface area contributed by atoms with Crippen LogP contribution >= 0.6 is 0 Å². The van der Waals surface area contributed by atoms with Crippen LogP contribution in [0.5, 0.6) is 0 Å². The molecular weight excluding hydrogens is 327 g/mol. The number of aliphatic hydroxyl groups is 1. The second-order valence-corrected chi connectivity index (χ2v) is 5.17. The number of nitrogens with two attached hydrogens (primary N) is 1. The van der Waals surface area contributed by atoms with E-state index in [9.17, 15) is 0 Å². The summed E-state index contributed by atoms with van der Waals surface area (Å²) in [6, 6.07) is 10.6. The standard InChI is InChI=1S/C6H5.C2H7NO.Hg/c1-2-4-6-5-3-1;3-1-2-4;/h1-5H;4H,1-3H2;. The molecule has 1 aromatic rings. The summed E-state index contributed by atoms with van der Waals surface area (Å²) < 4.78 is 1.52. The topological polar surface area (TPSA) is 46.2 Å². The van der Waals surface area contributed by atoms with Gasteiger partial charge in [-0.15, -0.1) is 0 Å². The van der Waals surface area contributed by atoms with Gasteiger partial charge in [0.25, 0.3) is 0 Å². The zero-order valence-electron chi connectivity index (χ0n) is 6.53. The van der Waals surface area contributed by atoms with Gasteiger partial charge < -0.3 is 10.8 Å². The zero-order chi connectivity index (χ0) is 8.53. The maximum atomic E-state index is 7.75. The second kappa shape index (κ2) is 8.17. The molecule has 1 aromatic carbocycles. The third-order valence-corrected chi connectivity index (χ3v) is 2.80. The average molecular weight is 339 g/mol. The Balaban J connectivity index is 0.000000218. The Kier molecular flexibility index (Phi) is 8.23. The molecule has 0 unspecified atom stereocenters. The quantitative estimate of drug-likeness (QED) is 0.697. The van der Waals surface area contributed by atoms with E-state index in [1.807, 2.05) is 0 Å². The van der Waals surface area contributed by atoms with Gasteiger partial charge in [0.1, 0.15) is 0 Å². The monoisotopic (exact) mass is 340 g/mol. The number of benzene rings is 1. The molecule has 0 atom stereocenters. The van der Waals surface area contributed by atoms with Crippen LogP contribution in [-0.2, 0) is 26.1 Å². The fourth-order valence-electron chi connectivity index (χ4n) is 0.478. The molecule has 0 aromatic heterocycles. The Morgan fingerprint density at radius 1 is 1.27 bits per heavy atom. The molecule has 0 saturated carbocycles. The van der Waals surface area contributed by atoms with Gasteiger partial charge in [-0.1, -0.05) is 0 Å². The van der Waals surface area contributed by atoms with Gasteiger partial charge in [0.2, 0.25) is 0 Å². The third-order valence-electron chi connectivity index (χ3n) is 0.972. The zero-order valence-corrected chi connectivity index (χ0v) is 12.0. The molecule has 0 saturated heterocycles. The average Bonchev–Trinajstić information content (AvgIpc) is 2.07. The van der Waals surface area contributed by atoms with Crippen LogP contribution in [-0.4, -0.2) is 18.3 Å². The molecule has 57 valence electrons. The second-order valence-electron chi connectivity index (χ2n) is 2.00. The van der Waals surface area contributed by atoms with Crippen molar-refractivity contribution in [1.29, 1.82) is 0 Å². The molecule has 1 rings (SSSR count). The van der Waals surface area contributed by atoms with E-state index >= 15 is 0 Å². The van der Waals surface area contributed by atoms with Crippen molar-refractivity contribution in [2.24, 2.45) is 5.73 Å². The Hall–Kier alpha value is 0.0751. The summed E-state index contributed by atoms with van der Waals surface area (Å²) in [5.74, 6) is 0. The van der Waals surface area contributed by atoms with Gasteiger partial charge in [0.15, 0.2) is 0 Å². The van der Waals surface area contributed by atoms with E-state index in [0.29, 0.717) is 6.54 Å². The fourth-order valence-corrected chi connectivity index (χ4v) is 1.54. The summed E-state index contributed by atoms with van der Waals surface area (Å²) in [5.41, 5.74) is 4.78. The predicted molar refractivity (Wildman–Crippen MR) is 42.2 cm³/mol. The summed E-state index contributed by atoms with van der Waals surface area (Å²) in [5, 5.41) is 7.75. The van der Waals surface area contributed by atoms with E-state index in [1.165, 1.54) is 3.07 Å². The van der Waals surface area contributed by atoms with E-state index in [-0.39, 0.29) is 6.61 Å². The van der Waals surface area contributed by atoms with Crippen molar-refractivity contribution < 1.29 is 31.2 Å². The van der Waals surface area contributed by atoms with Gasteiger partial charge in [-0.05, 0) is 0 Å². The molecule has 0 amide bonds. The van der Waals surface area contributed by atoms with Crippen molar-refractivity contribution in [3.05, 3.63) is 30.3 Å². The molecular formula is C8H12HgNO. The number of hydrogen-bond acceptors (Lipinski definition) is 2. The van der Waals surface area contributed by atoms with E-state index < -0.39 is 0 Å². The van der Waals surface area contributed by atoms with Crippen molar-refractivity contribution in [2.75, 3.05) is 13.2 Å². The molecule has 3 heteroatoms. The van der Waals surface area contributed by atoms with Crippen LogP contribution in [0.3, 0.4) is 0 Å². The first-order valence-electron chi connectivity index (χ1n) is 3.49. The van der Waals surface area contributed by atoms with Crippen LogP contribution in [0.25, 0.3) is 0 Å². The summed E-state index contributed by atoms with van der Waals surface area (Å²) in [4.78, 5) is 0. The Morgan fingerprint density at radius 3 is 1.91 bits per heavy atom. The Labute approximate surface area is 83.4 Å². The van der Waals surface area contributed by atoms with Crippen LogP contribution in [0.1, 0.15) is 0 Å². The van der Waals surface area contributed by atoms with Gasteiger partial charge in [0, 0.05) is 6.54 Å². The molecule has 0 fully saturated rings. The van der Waals surface area contributed by atoms with E-state index in [0.717, 1.165) is 26.1 Å². The summed E-state index contributed by atoms with van der Waals surface area (Å²) in [7, 11) is 0. The molecule has 0 aliphatic rings. The molecule has 0 aliphatic carbocycles. The maximum absolute atomic E-state index is 7.75. The molecule has 0 bridgehead atoms. The van der Waals surface area contributed by atoms with Gasteiger partial charge in [0.05, 0.1) is 6.61 Å². The van der Waals surface area contributed by atoms with Gasteiger partial charge in [-0.3, -0.25) is 0 Å². The predicted octanol–water partition coefficient (Wildman–Crippen LogP) is -0.204. The minimum absolute atomic E-state index is 0.0972. The first kappa shape index (κ1) is 11.1. The SMILES string of the molecule is NCCO.[Hg][c]1ccccc1. The van der Waals surface area contributed by atoms with Crippen LogP contribution in [0.4, 0.5) is 0 Å². The van der Waals surface area contributed by atoms with Crippen molar-refractivity contribution in [3.8, 4) is 0 Å². The molecule has 0 aliphatic heterocycles. The first-order chi connectivity index (χ1) is 5.31. The van der Waals surface area contributed by atoms with Crippen LogP contribution in [0.2, 0.25) is 0 Å². The van der Waals surface area contributed by atoms with E-state index in [1.54, 1.807) is 0 Å². The van der Waals surface area contributed by atoms with Crippen molar-refractivity contribution >= 4 is 3.07 Å². The third kappa shape index (κ3) is 7.98. The normalized spacial score (nSPS) is 8.36. The van der Waals surface area contributed by atoms with Crippen LogP contribution < -0.4 is 8.81 Å². The van der Waals surface area contributed by atoms with Crippen molar-refractivity contribution in [3.63, 3.8) is 0 Å². The Morgan fingerprint density at radius 2 is 1.73 bits per heavy atom. The van der Waals surface area contributed by atoms with E-state index in [2.05, 4.69) is 30.3 Å². The number of hydrogen-bond donors (Lipinski definition) is 2. The van der Waals surface area contributed by atoms with Gasteiger partial charge in [-0.2, -0.15) is 0 Å². The molecule has 0 heterocycles. The van der Waals surface area contributed by atoms with Crippen molar-refractivity contribution in [1.82, 2.24) is 0 Å². The molecule has 2 nitrogen and oxygen atoms in total. The number of rotatable bonds is 1. The summed E-state index contributed by atoms with van der Waals surface area (Å²) in [6.45, 7) is 0.472. The first-order valence-corrected chi connectivity index (χ1v) is 6.24. The Bertz CT molecular complexity index is 165. The molecule has 11 heavy (non-hydrogen) atoms. The van der Waals surface area contributed by atoms with Crippen LogP contribution in [0.15, 0.2) is 30.3 Å². The summed E-state index contributed by atoms with van der Waals surface area (Å²) >= 11 is 0.810. The van der Waals surface area contributed by atoms with Gasteiger partial charge >= 0.3 is 59.5 Å². The van der Waals surface area contributed by atoms with E-state index in [4.69, 9.17) is 10.8 Å². The van der Waals surface area contributed by atoms with Crippen LogP contribution in [0, 0.1) is 0 Å².